The molecule has 3 aromatic carbocycles. The molecule has 362 valence electrons. The van der Waals surface area contributed by atoms with Crippen LogP contribution in [0.4, 0.5) is 34.5 Å². The first-order valence-corrected chi connectivity index (χ1v) is 24.3. The molecule has 2 fully saturated rings. The lowest BCUT2D eigenvalue weighted by molar-refractivity contribution is -0.136. The molecule has 5 N–H and O–H groups in total. The van der Waals surface area contributed by atoms with Crippen molar-refractivity contribution in [2.75, 3.05) is 106 Å². The Bertz CT molecular complexity index is 2580. The Morgan fingerprint density at radius 3 is 2.25 bits per heavy atom. The van der Waals surface area contributed by atoms with E-state index in [1.165, 1.54) is 12.3 Å². The average molecular weight is 976 g/mol. The number of para-hydroxylation sites is 1. The van der Waals surface area contributed by atoms with Crippen LogP contribution in [0.15, 0.2) is 77.8 Å². The molecular formula is C46H55ClN10O10S. The number of sulfone groups is 1. The Kier molecular flexibility index (Phi) is 16.9. The number of halogens is 1. The fraction of sp³-hybridized carbons (Fsp3) is 0.413. The summed E-state index contributed by atoms with van der Waals surface area (Å²) in [6.07, 6.45) is 1.53. The van der Waals surface area contributed by atoms with Gasteiger partial charge in [-0.2, -0.15) is 4.98 Å². The zero-order valence-electron chi connectivity index (χ0n) is 37.8. The number of nitrogens with zero attached hydrogens (tertiary/aromatic N) is 5. The number of ether oxygens (including phenoxy) is 3. The van der Waals surface area contributed by atoms with Gasteiger partial charge in [-0.1, -0.05) is 29.8 Å². The molecule has 3 aliphatic rings. The van der Waals surface area contributed by atoms with Gasteiger partial charge in [-0.3, -0.25) is 39.1 Å². The molecule has 5 amide bonds. The molecule has 3 aliphatic heterocycles. The number of aromatic nitrogens is 2. The number of fused-ring (bicyclic) bond motifs is 1. The van der Waals surface area contributed by atoms with Gasteiger partial charge in [0, 0.05) is 62.8 Å². The van der Waals surface area contributed by atoms with Crippen molar-refractivity contribution in [2.45, 2.75) is 42.9 Å². The van der Waals surface area contributed by atoms with Gasteiger partial charge in [-0.05, 0) is 68.8 Å². The van der Waals surface area contributed by atoms with E-state index in [-0.39, 0.29) is 65.3 Å². The molecule has 0 bridgehead atoms. The molecule has 1 atom stereocenters. The largest absolute Gasteiger partial charge is 0.378 e. The first-order valence-electron chi connectivity index (χ1n) is 22.4. The lowest BCUT2D eigenvalue weighted by atomic mass is 10.0. The number of carbonyl (C=O) groups is 5. The molecule has 1 aromatic heterocycles. The van der Waals surface area contributed by atoms with Gasteiger partial charge in [0.25, 0.3) is 11.8 Å². The zero-order chi connectivity index (χ0) is 48.2. The van der Waals surface area contributed by atoms with Gasteiger partial charge in [0.15, 0.2) is 15.7 Å². The van der Waals surface area contributed by atoms with Crippen molar-refractivity contribution in [1.82, 2.24) is 30.4 Å². The maximum Gasteiger partial charge on any atom is 0.264 e. The summed E-state index contributed by atoms with van der Waals surface area (Å²) in [6, 6.07) is 18.2. The maximum absolute atomic E-state index is 13.2. The summed E-state index contributed by atoms with van der Waals surface area (Å²) in [7, 11) is -3.55. The third-order valence-corrected chi connectivity index (χ3v) is 13.9. The molecule has 1 unspecified atom stereocenters. The molecule has 4 aromatic rings. The Morgan fingerprint density at radius 1 is 0.838 bits per heavy atom. The second kappa shape index (κ2) is 23.2. The molecule has 7 rings (SSSR count). The van der Waals surface area contributed by atoms with Crippen molar-refractivity contribution in [2.24, 2.45) is 0 Å². The van der Waals surface area contributed by atoms with E-state index in [0.717, 1.165) is 49.0 Å². The molecule has 2 saturated heterocycles. The van der Waals surface area contributed by atoms with E-state index in [9.17, 15) is 32.4 Å². The Labute approximate surface area is 399 Å². The SMILES string of the molecule is CC(C)S(=O)(=O)c1ccccc1Nc1nc(Nc2ccc(N3CCN(CCOCCOCCOCCNC(=O)CNc4cccc5c4C(=O)N(C4CCC(=O)NC4=O)C5=O)CC3)cc2)ncc1Cl. The molecule has 4 heterocycles. The van der Waals surface area contributed by atoms with Crippen molar-refractivity contribution >= 4 is 85.5 Å². The van der Waals surface area contributed by atoms with Gasteiger partial charge in [-0.25, -0.2) is 13.4 Å². The van der Waals surface area contributed by atoms with Crippen LogP contribution >= 0.6 is 11.6 Å². The van der Waals surface area contributed by atoms with Crippen LogP contribution in [0.2, 0.25) is 5.02 Å². The summed E-state index contributed by atoms with van der Waals surface area (Å²) in [5, 5.41) is 13.7. The quantitative estimate of drug-likeness (QED) is 0.0527. The van der Waals surface area contributed by atoms with Crippen LogP contribution in [0.1, 0.15) is 47.4 Å². The number of hydrogen-bond acceptors (Lipinski definition) is 17. The smallest absolute Gasteiger partial charge is 0.264 e. The predicted molar refractivity (Wildman–Crippen MR) is 255 cm³/mol. The van der Waals surface area contributed by atoms with Gasteiger partial charge in [0.2, 0.25) is 23.7 Å². The monoisotopic (exact) mass is 974 g/mol. The highest BCUT2D eigenvalue weighted by atomic mass is 35.5. The molecular weight excluding hydrogens is 920 g/mol. The molecule has 68 heavy (non-hydrogen) atoms. The summed E-state index contributed by atoms with van der Waals surface area (Å²) in [6.45, 7) is 10.2. The number of piperazine rings is 1. The second-order valence-corrected chi connectivity index (χ2v) is 19.2. The maximum atomic E-state index is 13.2. The number of carbonyl (C=O) groups excluding carboxylic acids is 5. The van der Waals surface area contributed by atoms with Gasteiger partial charge in [0.05, 0.1) is 79.3 Å². The average Bonchev–Trinajstić information content (AvgIpc) is 3.58. The van der Waals surface area contributed by atoms with E-state index in [2.05, 4.69) is 46.4 Å². The first-order chi connectivity index (χ1) is 32.8. The highest BCUT2D eigenvalue weighted by Gasteiger charge is 2.45. The zero-order valence-corrected chi connectivity index (χ0v) is 39.4. The van der Waals surface area contributed by atoms with Crippen LogP contribution in [-0.2, 0) is 38.4 Å². The lowest BCUT2D eigenvalue weighted by Gasteiger charge is -2.36. The van der Waals surface area contributed by atoms with E-state index >= 15 is 0 Å². The Balaban J connectivity index is 0.712. The van der Waals surface area contributed by atoms with Crippen LogP contribution in [0.3, 0.4) is 0 Å². The predicted octanol–water partition coefficient (Wildman–Crippen LogP) is 3.60. The van der Waals surface area contributed by atoms with Gasteiger partial charge in [0.1, 0.15) is 11.1 Å². The summed E-state index contributed by atoms with van der Waals surface area (Å²) >= 11 is 6.40. The lowest BCUT2D eigenvalue weighted by Crippen LogP contribution is -2.54. The number of nitrogens with one attached hydrogen (secondary N) is 5. The highest BCUT2D eigenvalue weighted by molar-refractivity contribution is 7.92. The third-order valence-electron chi connectivity index (χ3n) is 11.4. The van der Waals surface area contributed by atoms with Crippen LogP contribution in [-0.4, -0.2) is 154 Å². The minimum atomic E-state index is -3.55. The van der Waals surface area contributed by atoms with E-state index < -0.39 is 44.8 Å². The van der Waals surface area contributed by atoms with Crippen molar-refractivity contribution in [1.29, 1.82) is 0 Å². The van der Waals surface area contributed by atoms with E-state index in [4.69, 9.17) is 25.8 Å². The van der Waals surface area contributed by atoms with Gasteiger partial charge >= 0.3 is 0 Å². The second-order valence-electron chi connectivity index (χ2n) is 16.3. The van der Waals surface area contributed by atoms with Gasteiger partial charge < -0.3 is 40.4 Å². The minimum absolute atomic E-state index is 0.0214. The summed E-state index contributed by atoms with van der Waals surface area (Å²) < 4.78 is 42.8. The number of rotatable bonds is 23. The number of anilines is 6. The third kappa shape index (κ3) is 12.4. The van der Waals surface area contributed by atoms with Crippen LogP contribution in [0.25, 0.3) is 0 Å². The number of benzene rings is 3. The van der Waals surface area contributed by atoms with E-state index in [0.29, 0.717) is 50.4 Å². The summed E-state index contributed by atoms with van der Waals surface area (Å²) in [5.74, 6) is -2.19. The molecule has 0 saturated carbocycles. The van der Waals surface area contributed by atoms with Crippen molar-refractivity contribution in [3.05, 3.63) is 89.1 Å². The van der Waals surface area contributed by atoms with Gasteiger partial charge in [-0.15, -0.1) is 0 Å². The van der Waals surface area contributed by atoms with Crippen molar-refractivity contribution < 1.29 is 46.6 Å². The molecule has 0 radical (unpaired) electrons. The number of amides is 5. The number of imide groups is 2. The summed E-state index contributed by atoms with van der Waals surface area (Å²) in [5.41, 5.74) is 2.75. The van der Waals surface area contributed by atoms with E-state index in [1.807, 2.05) is 24.3 Å². The highest BCUT2D eigenvalue weighted by Crippen LogP contribution is 2.33. The fourth-order valence-electron chi connectivity index (χ4n) is 7.73. The van der Waals surface area contributed by atoms with Crippen molar-refractivity contribution in [3.8, 4) is 0 Å². The molecule has 22 heteroatoms. The minimum Gasteiger partial charge on any atom is -0.378 e. The molecule has 0 spiro atoms. The fourth-order valence-corrected chi connectivity index (χ4v) is 9.07. The number of hydrogen-bond donors (Lipinski definition) is 5. The molecule has 0 aliphatic carbocycles. The standard InChI is InChI=1S/C46H55ClN10O10S/c1-30(2)68(63,64)38-9-4-3-7-35(38)52-42-34(47)28-50-46(54-42)51-31-10-12-32(13-11-31)56-19-17-55(18-20-56)21-23-66-25-27-67-26-24-65-22-16-48-40(59)29-49-36-8-5-6-33-41(36)45(62)57(44(33)61)37-14-15-39(58)53-43(37)60/h3-13,28,30,37,49H,14-27,29H2,1-2H3,(H,48,59)(H,53,58,60)(H2,50,51,52,54). The number of piperidine rings is 1. The van der Waals surface area contributed by atoms with E-state index in [1.54, 1.807) is 50.2 Å². The normalized spacial score (nSPS) is 16.5. The Hall–Kier alpha value is -6.23. The first kappa shape index (κ1) is 49.7. The van der Waals surface area contributed by atoms with Crippen LogP contribution < -0.4 is 31.5 Å². The van der Waals surface area contributed by atoms with Crippen LogP contribution in [0.5, 0.6) is 0 Å². The van der Waals surface area contributed by atoms with Crippen molar-refractivity contribution in [3.63, 3.8) is 0 Å². The summed E-state index contributed by atoms with van der Waals surface area (Å²) in [4.78, 5) is 77.3. The van der Waals surface area contributed by atoms with Crippen LogP contribution in [0, 0.1) is 0 Å². The Morgan fingerprint density at radius 2 is 1.53 bits per heavy atom. The molecule has 20 nitrogen and oxygen atoms in total. The topological polar surface area (TPSA) is 243 Å².